The fourth-order valence-corrected chi connectivity index (χ4v) is 1.92. The molecule has 2 N–H and O–H groups in total. The number of aliphatic hydroxyl groups is 1. The largest absolute Gasteiger partial charge is 0.481 e. The zero-order valence-electron chi connectivity index (χ0n) is 11.0. The molecule has 0 saturated heterocycles. The van der Waals surface area contributed by atoms with Crippen LogP contribution in [0.15, 0.2) is 18.2 Å². The third kappa shape index (κ3) is 3.85. The van der Waals surface area contributed by atoms with Crippen molar-refractivity contribution in [1.82, 2.24) is 5.32 Å². The predicted octanol–water partition coefficient (Wildman–Crippen LogP) is 2.44. The third-order valence-electron chi connectivity index (χ3n) is 3.02. The zero-order valence-corrected chi connectivity index (χ0v) is 11.8. The van der Waals surface area contributed by atoms with Gasteiger partial charge in [-0.05, 0) is 44.9 Å². The fourth-order valence-electron chi connectivity index (χ4n) is 1.74. The second-order valence-corrected chi connectivity index (χ2v) is 5.34. The first-order valence-corrected chi connectivity index (χ1v) is 6.79. The van der Waals surface area contributed by atoms with Crippen molar-refractivity contribution in [3.8, 4) is 5.75 Å². The Hall–Kier alpha value is -1.26. The van der Waals surface area contributed by atoms with E-state index in [-0.39, 0.29) is 5.91 Å². The van der Waals surface area contributed by atoms with E-state index < -0.39 is 12.2 Å². The van der Waals surface area contributed by atoms with E-state index >= 15 is 0 Å². The molecule has 0 spiro atoms. The van der Waals surface area contributed by atoms with Gasteiger partial charge in [0.2, 0.25) is 0 Å². The zero-order chi connectivity index (χ0) is 14.0. The summed E-state index contributed by atoms with van der Waals surface area (Å²) in [6.45, 7) is 3.32. The predicted molar refractivity (Wildman–Crippen MR) is 73.3 cm³/mol. The Labute approximate surface area is 117 Å². The highest BCUT2D eigenvalue weighted by atomic mass is 35.5. The van der Waals surface area contributed by atoms with Crippen molar-refractivity contribution < 1.29 is 14.6 Å². The van der Waals surface area contributed by atoms with E-state index in [1.165, 1.54) is 0 Å². The molecule has 1 amide bonds. The van der Waals surface area contributed by atoms with Crippen molar-refractivity contribution >= 4 is 17.5 Å². The van der Waals surface area contributed by atoms with Crippen LogP contribution in [0.1, 0.15) is 38.4 Å². The molecule has 0 radical (unpaired) electrons. The number of ether oxygens (including phenoxy) is 1. The number of hydrogen-bond acceptors (Lipinski definition) is 3. The van der Waals surface area contributed by atoms with E-state index in [9.17, 15) is 9.90 Å². The van der Waals surface area contributed by atoms with Gasteiger partial charge < -0.3 is 15.2 Å². The molecule has 1 aliphatic rings. The molecule has 1 aromatic rings. The van der Waals surface area contributed by atoms with Gasteiger partial charge >= 0.3 is 0 Å². The molecule has 0 heterocycles. The van der Waals surface area contributed by atoms with Gasteiger partial charge in [-0.15, -0.1) is 0 Å². The van der Waals surface area contributed by atoms with Crippen molar-refractivity contribution in [3.05, 3.63) is 28.8 Å². The number of amides is 1. The van der Waals surface area contributed by atoms with Crippen LogP contribution in [-0.2, 0) is 4.79 Å². The lowest BCUT2D eigenvalue weighted by molar-refractivity contribution is -0.127. The van der Waals surface area contributed by atoms with Crippen LogP contribution in [0.25, 0.3) is 0 Å². The van der Waals surface area contributed by atoms with Gasteiger partial charge in [0.25, 0.3) is 5.91 Å². The van der Waals surface area contributed by atoms with E-state index in [4.69, 9.17) is 16.3 Å². The molecule has 2 unspecified atom stereocenters. The van der Waals surface area contributed by atoms with Crippen LogP contribution >= 0.6 is 11.6 Å². The maximum absolute atomic E-state index is 11.8. The molecular formula is C14H18ClNO3. The highest BCUT2D eigenvalue weighted by Crippen LogP contribution is 2.29. The molecule has 0 bridgehead atoms. The van der Waals surface area contributed by atoms with Crippen LogP contribution in [0.2, 0.25) is 5.02 Å². The summed E-state index contributed by atoms with van der Waals surface area (Å²) in [5, 5.41) is 13.1. The number of hydrogen-bond donors (Lipinski definition) is 2. The molecule has 104 valence electrons. The van der Waals surface area contributed by atoms with Crippen molar-refractivity contribution in [2.75, 3.05) is 0 Å². The third-order valence-corrected chi connectivity index (χ3v) is 3.25. The first-order chi connectivity index (χ1) is 8.97. The molecule has 1 aromatic carbocycles. The lowest BCUT2D eigenvalue weighted by Crippen LogP contribution is -2.37. The summed E-state index contributed by atoms with van der Waals surface area (Å²) >= 11 is 5.89. The molecule has 2 atom stereocenters. The van der Waals surface area contributed by atoms with Gasteiger partial charge in [-0.25, -0.2) is 0 Å². The average molecular weight is 284 g/mol. The summed E-state index contributed by atoms with van der Waals surface area (Å²) in [6.07, 6.45) is 0.781. The summed E-state index contributed by atoms with van der Waals surface area (Å²) in [6, 6.07) is 5.30. The first-order valence-electron chi connectivity index (χ1n) is 6.42. The summed E-state index contributed by atoms with van der Waals surface area (Å²) in [5.41, 5.74) is 0.582. The van der Waals surface area contributed by atoms with Gasteiger partial charge in [-0.1, -0.05) is 11.6 Å². The topological polar surface area (TPSA) is 58.6 Å². The van der Waals surface area contributed by atoms with Gasteiger partial charge in [0.05, 0.1) is 6.10 Å². The Balaban J connectivity index is 2.06. The fraction of sp³-hybridized carbons (Fsp3) is 0.500. The molecule has 2 rings (SSSR count). The van der Waals surface area contributed by atoms with E-state index in [2.05, 4.69) is 5.32 Å². The molecule has 19 heavy (non-hydrogen) atoms. The summed E-state index contributed by atoms with van der Waals surface area (Å²) < 4.78 is 5.62. The van der Waals surface area contributed by atoms with E-state index in [1.807, 2.05) is 0 Å². The van der Waals surface area contributed by atoms with Gasteiger partial charge in [-0.3, -0.25) is 4.79 Å². The van der Waals surface area contributed by atoms with Gasteiger partial charge in [0, 0.05) is 16.6 Å². The molecule has 1 aliphatic carbocycles. The Morgan fingerprint density at radius 1 is 1.47 bits per heavy atom. The van der Waals surface area contributed by atoms with Crippen LogP contribution in [-0.4, -0.2) is 23.2 Å². The number of nitrogens with one attached hydrogen (secondary N) is 1. The molecule has 0 aliphatic heterocycles. The van der Waals surface area contributed by atoms with Crippen molar-refractivity contribution in [2.24, 2.45) is 0 Å². The molecular weight excluding hydrogens is 266 g/mol. The monoisotopic (exact) mass is 283 g/mol. The molecule has 5 heteroatoms. The molecule has 1 saturated carbocycles. The van der Waals surface area contributed by atoms with Crippen molar-refractivity contribution in [2.45, 2.75) is 44.9 Å². The lowest BCUT2D eigenvalue weighted by atomic mass is 10.1. The molecule has 0 aromatic heterocycles. The quantitative estimate of drug-likeness (QED) is 0.873. The SMILES string of the molecule is CC(Oc1ccc(Cl)cc1C(C)O)C(=O)NC1CC1. The minimum atomic E-state index is -0.701. The number of carbonyl (C=O) groups excluding carboxylic acids is 1. The number of carbonyl (C=O) groups is 1. The Kier molecular flexibility index (Phi) is 4.32. The van der Waals surface area contributed by atoms with Crippen molar-refractivity contribution in [1.29, 1.82) is 0 Å². The summed E-state index contributed by atoms with van der Waals surface area (Å²) in [4.78, 5) is 11.8. The number of rotatable bonds is 5. The Bertz CT molecular complexity index is 472. The summed E-state index contributed by atoms with van der Waals surface area (Å²) in [5.74, 6) is 0.354. The minimum absolute atomic E-state index is 0.131. The smallest absolute Gasteiger partial charge is 0.260 e. The standard InChI is InChI=1S/C14H18ClNO3/c1-8(17)12-7-10(15)3-6-13(12)19-9(2)14(18)16-11-4-5-11/h3,6-9,11,17H,4-5H2,1-2H3,(H,16,18). The highest BCUT2D eigenvalue weighted by Gasteiger charge is 2.26. The molecule has 4 nitrogen and oxygen atoms in total. The van der Waals surface area contributed by atoms with E-state index in [1.54, 1.807) is 32.0 Å². The lowest BCUT2D eigenvalue weighted by Gasteiger charge is -2.18. The van der Waals surface area contributed by atoms with Crippen LogP contribution in [0.5, 0.6) is 5.75 Å². The number of halogens is 1. The van der Waals surface area contributed by atoms with Crippen LogP contribution in [0.3, 0.4) is 0 Å². The second kappa shape index (κ2) is 5.80. The van der Waals surface area contributed by atoms with E-state index in [0.29, 0.717) is 22.4 Å². The van der Waals surface area contributed by atoms with Gasteiger partial charge in [0.15, 0.2) is 6.10 Å². The average Bonchev–Trinajstić information content (AvgIpc) is 3.14. The van der Waals surface area contributed by atoms with Crippen LogP contribution in [0.4, 0.5) is 0 Å². The number of aliphatic hydroxyl groups excluding tert-OH is 1. The second-order valence-electron chi connectivity index (χ2n) is 4.90. The number of benzene rings is 1. The maximum atomic E-state index is 11.8. The molecule has 1 fully saturated rings. The van der Waals surface area contributed by atoms with Crippen LogP contribution in [0, 0.1) is 0 Å². The van der Waals surface area contributed by atoms with Gasteiger partial charge in [-0.2, -0.15) is 0 Å². The summed E-state index contributed by atoms with van der Waals surface area (Å²) in [7, 11) is 0. The van der Waals surface area contributed by atoms with Crippen LogP contribution < -0.4 is 10.1 Å². The Morgan fingerprint density at radius 2 is 2.16 bits per heavy atom. The van der Waals surface area contributed by atoms with E-state index in [0.717, 1.165) is 12.8 Å². The minimum Gasteiger partial charge on any atom is -0.481 e. The van der Waals surface area contributed by atoms with Crippen molar-refractivity contribution in [3.63, 3.8) is 0 Å². The maximum Gasteiger partial charge on any atom is 0.260 e. The Morgan fingerprint density at radius 3 is 2.74 bits per heavy atom. The first kappa shape index (κ1) is 14.2. The normalized spacial score (nSPS) is 17.7. The highest BCUT2D eigenvalue weighted by molar-refractivity contribution is 6.30. The van der Waals surface area contributed by atoms with Gasteiger partial charge in [0.1, 0.15) is 5.75 Å².